The van der Waals surface area contributed by atoms with Crippen LogP contribution in [0.3, 0.4) is 0 Å². The number of hydrogen-bond acceptors (Lipinski definition) is 2. The molecule has 0 aliphatic carbocycles. The fraction of sp³-hybridized carbons (Fsp3) is 0.400. The quantitative estimate of drug-likeness (QED) is 0.933. The van der Waals surface area contributed by atoms with Gasteiger partial charge in [-0.25, -0.2) is 13.9 Å². The molecule has 0 radical (unpaired) electrons. The van der Waals surface area contributed by atoms with Gasteiger partial charge < -0.3 is 4.57 Å². The van der Waals surface area contributed by atoms with Crippen LogP contribution in [0.4, 0.5) is 0 Å². The SMILES string of the molecule is C[C@H](N[S@@](=O)C(C)(C)C)c1cn(-c2ccc(Cl)cc2)cn1. The Labute approximate surface area is 133 Å². The lowest BCUT2D eigenvalue weighted by atomic mass is 10.3. The summed E-state index contributed by atoms with van der Waals surface area (Å²) >= 11 is 5.89. The van der Waals surface area contributed by atoms with Crippen molar-refractivity contribution in [1.29, 1.82) is 0 Å². The van der Waals surface area contributed by atoms with Crippen molar-refractivity contribution in [2.24, 2.45) is 0 Å². The molecule has 1 N–H and O–H groups in total. The molecule has 21 heavy (non-hydrogen) atoms. The highest BCUT2D eigenvalue weighted by atomic mass is 35.5. The second-order valence-electron chi connectivity index (χ2n) is 5.90. The van der Waals surface area contributed by atoms with Crippen LogP contribution in [0, 0.1) is 0 Å². The second kappa shape index (κ2) is 6.30. The molecule has 0 saturated heterocycles. The lowest BCUT2D eigenvalue weighted by molar-refractivity contribution is 0.612. The summed E-state index contributed by atoms with van der Waals surface area (Å²) in [5.74, 6) is 0. The molecule has 114 valence electrons. The topological polar surface area (TPSA) is 46.9 Å². The number of halogens is 1. The molecule has 1 aromatic carbocycles. The maximum absolute atomic E-state index is 12.1. The van der Waals surface area contributed by atoms with Gasteiger partial charge in [0.25, 0.3) is 0 Å². The molecule has 0 unspecified atom stereocenters. The highest BCUT2D eigenvalue weighted by molar-refractivity contribution is 7.84. The van der Waals surface area contributed by atoms with Crippen molar-refractivity contribution in [2.45, 2.75) is 38.5 Å². The molecule has 2 atom stereocenters. The average molecular weight is 326 g/mol. The van der Waals surface area contributed by atoms with Crippen molar-refractivity contribution in [3.8, 4) is 5.69 Å². The van der Waals surface area contributed by atoms with Crippen LogP contribution in [0.5, 0.6) is 0 Å². The summed E-state index contributed by atoms with van der Waals surface area (Å²) in [6.07, 6.45) is 3.68. The molecule has 6 heteroatoms. The molecular formula is C15H20ClN3OS. The van der Waals surface area contributed by atoms with Crippen molar-refractivity contribution in [2.75, 3.05) is 0 Å². The van der Waals surface area contributed by atoms with Gasteiger partial charge >= 0.3 is 0 Å². The van der Waals surface area contributed by atoms with E-state index in [1.807, 2.05) is 62.7 Å². The second-order valence-corrected chi connectivity index (χ2v) is 8.34. The summed E-state index contributed by atoms with van der Waals surface area (Å²) in [4.78, 5) is 4.38. The van der Waals surface area contributed by atoms with Crippen LogP contribution >= 0.6 is 11.6 Å². The molecule has 0 spiro atoms. The summed E-state index contributed by atoms with van der Waals surface area (Å²) < 4.78 is 16.8. The Bertz CT molecular complexity index is 631. The van der Waals surface area contributed by atoms with Gasteiger partial charge in [-0.3, -0.25) is 0 Å². The van der Waals surface area contributed by atoms with Gasteiger partial charge in [-0.05, 0) is 52.0 Å². The van der Waals surface area contributed by atoms with Crippen molar-refractivity contribution < 1.29 is 4.21 Å². The fourth-order valence-electron chi connectivity index (χ4n) is 1.71. The number of nitrogens with zero attached hydrogens (tertiary/aromatic N) is 2. The Morgan fingerprint density at radius 1 is 1.29 bits per heavy atom. The van der Waals surface area contributed by atoms with E-state index in [2.05, 4.69) is 9.71 Å². The molecular weight excluding hydrogens is 306 g/mol. The molecule has 4 nitrogen and oxygen atoms in total. The van der Waals surface area contributed by atoms with E-state index in [0.29, 0.717) is 5.02 Å². The maximum atomic E-state index is 12.1. The molecule has 2 rings (SSSR count). The monoisotopic (exact) mass is 325 g/mol. The number of aromatic nitrogens is 2. The van der Waals surface area contributed by atoms with Gasteiger partial charge in [0.15, 0.2) is 0 Å². The van der Waals surface area contributed by atoms with Crippen LogP contribution in [0.1, 0.15) is 39.4 Å². The van der Waals surface area contributed by atoms with Gasteiger partial charge in [0.05, 0.1) is 33.8 Å². The van der Waals surface area contributed by atoms with Gasteiger partial charge in [-0.1, -0.05) is 11.6 Å². The Hall–Kier alpha value is -1.17. The minimum atomic E-state index is -1.12. The van der Waals surface area contributed by atoms with E-state index >= 15 is 0 Å². The third-order valence-corrected chi connectivity index (χ3v) is 4.94. The van der Waals surface area contributed by atoms with Crippen molar-refractivity contribution in [3.63, 3.8) is 0 Å². The first-order valence-electron chi connectivity index (χ1n) is 6.75. The summed E-state index contributed by atoms with van der Waals surface area (Å²) in [7, 11) is -1.12. The zero-order valence-corrected chi connectivity index (χ0v) is 14.2. The Balaban J connectivity index is 2.12. The fourth-order valence-corrected chi connectivity index (χ4v) is 2.64. The first-order valence-corrected chi connectivity index (χ1v) is 8.28. The third kappa shape index (κ3) is 4.15. The van der Waals surface area contributed by atoms with E-state index in [4.69, 9.17) is 11.6 Å². The van der Waals surface area contributed by atoms with Crippen LogP contribution in [0.2, 0.25) is 5.02 Å². The van der Waals surface area contributed by atoms with Crippen LogP contribution in [0.15, 0.2) is 36.8 Å². The largest absolute Gasteiger partial charge is 0.306 e. The van der Waals surface area contributed by atoms with Crippen LogP contribution in [0.25, 0.3) is 5.69 Å². The molecule has 0 amide bonds. The Morgan fingerprint density at radius 3 is 2.48 bits per heavy atom. The molecule has 0 aliphatic heterocycles. The molecule has 1 heterocycles. The van der Waals surface area contributed by atoms with Gasteiger partial charge in [0.2, 0.25) is 0 Å². The smallest absolute Gasteiger partial charge is 0.0995 e. The average Bonchev–Trinajstić information content (AvgIpc) is 2.88. The number of imidazole rings is 1. The lowest BCUT2D eigenvalue weighted by Gasteiger charge is -2.21. The molecule has 0 bridgehead atoms. The standard InChI is InChI=1S/C15H20ClN3OS/c1-11(18-21(20)15(2,3)4)14-9-19(10-17-14)13-7-5-12(16)6-8-13/h5-11,18H,1-4H3/t11-,21-/m0/s1. The highest BCUT2D eigenvalue weighted by Gasteiger charge is 2.22. The molecule has 0 saturated carbocycles. The zero-order valence-electron chi connectivity index (χ0n) is 12.6. The van der Waals surface area contributed by atoms with Crippen molar-refractivity contribution in [3.05, 3.63) is 47.5 Å². The Kier molecular flexibility index (Phi) is 4.86. The van der Waals surface area contributed by atoms with E-state index in [1.54, 1.807) is 6.33 Å². The van der Waals surface area contributed by atoms with E-state index < -0.39 is 11.0 Å². The van der Waals surface area contributed by atoms with Crippen LogP contribution in [-0.2, 0) is 11.0 Å². The zero-order chi connectivity index (χ0) is 15.6. The van der Waals surface area contributed by atoms with Gasteiger partial charge in [-0.15, -0.1) is 0 Å². The number of rotatable bonds is 4. The number of hydrogen-bond donors (Lipinski definition) is 1. The minimum absolute atomic E-state index is 0.0846. The van der Waals surface area contributed by atoms with E-state index in [0.717, 1.165) is 11.4 Å². The maximum Gasteiger partial charge on any atom is 0.0995 e. The normalized spacial score (nSPS) is 14.9. The third-order valence-electron chi connectivity index (χ3n) is 3.01. The van der Waals surface area contributed by atoms with Crippen LogP contribution < -0.4 is 4.72 Å². The number of benzene rings is 1. The first kappa shape index (κ1) is 16.2. The van der Waals surface area contributed by atoms with Crippen LogP contribution in [-0.4, -0.2) is 18.5 Å². The molecule has 0 aliphatic rings. The summed E-state index contributed by atoms with van der Waals surface area (Å²) in [6.45, 7) is 7.78. The van der Waals surface area contributed by atoms with Gasteiger partial charge in [0, 0.05) is 16.9 Å². The van der Waals surface area contributed by atoms with E-state index in [9.17, 15) is 4.21 Å². The predicted octanol–water partition coefficient (Wildman–Crippen LogP) is 3.64. The first-order chi connectivity index (χ1) is 9.77. The molecule has 0 fully saturated rings. The molecule has 1 aromatic heterocycles. The minimum Gasteiger partial charge on any atom is -0.306 e. The summed E-state index contributed by atoms with van der Waals surface area (Å²) in [5.41, 5.74) is 1.84. The van der Waals surface area contributed by atoms with Gasteiger partial charge in [0.1, 0.15) is 0 Å². The van der Waals surface area contributed by atoms with E-state index in [1.165, 1.54) is 0 Å². The predicted molar refractivity (Wildman–Crippen MR) is 88.0 cm³/mol. The summed E-state index contributed by atoms with van der Waals surface area (Å²) in [6, 6.07) is 7.46. The molecule has 2 aromatic rings. The lowest BCUT2D eigenvalue weighted by Crippen LogP contribution is -2.34. The van der Waals surface area contributed by atoms with E-state index in [-0.39, 0.29) is 10.8 Å². The number of nitrogens with one attached hydrogen (secondary N) is 1. The highest BCUT2D eigenvalue weighted by Crippen LogP contribution is 2.18. The van der Waals surface area contributed by atoms with Gasteiger partial charge in [-0.2, -0.15) is 0 Å². The Morgan fingerprint density at radius 2 is 1.90 bits per heavy atom. The summed E-state index contributed by atoms with van der Waals surface area (Å²) in [5, 5.41) is 0.703. The van der Waals surface area contributed by atoms with Crippen molar-refractivity contribution in [1.82, 2.24) is 14.3 Å². The van der Waals surface area contributed by atoms with Crippen molar-refractivity contribution >= 4 is 22.6 Å².